The van der Waals surface area contributed by atoms with Crippen LogP contribution in [0.2, 0.25) is 0 Å². The topological polar surface area (TPSA) is 149 Å². The van der Waals surface area contributed by atoms with Gasteiger partial charge in [-0.2, -0.15) is 0 Å². The van der Waals surface area contributed by atoms with Gasteiger partial charge >= 0.3 is 0 Å². The second-order valence-electron chi connectivity index (χ2n) is 23.6. The molecule has 9 nitrogen and oxygen atoms in total. The van der Waals surface area contributed by atoms with Crippen LogP contribution in [0, 0.1) is 0 Å². The van der Waals surface area contributed by atoms with Gasteiger partial charge in [0.15, 0.2) is 6.29 Å². The summed E-state index contributed by atoms with van der Waals surface area (Å²) in [4.78, 5) is 13.1. The van der Waals surface area contributed by atoms with E-state index in [0.717, 1.165) is 77.0 Å². The fourth-order valence-electron chi connectivity index (χ4n) is 10.5. The molecule has 0 saturated carbocycles. The molecule has 82 heavy (non-hydrogen) atoms. The Bertz CT molecular complexity index is 1620. The van der Waals surface area contributed by atoms with Crippen molar-refractivity contribution >= 4 is 5.91 Å². The molecular weight excluding hydrogens is 1020 g/mol. The molecule has 1 aliphatic rings. The number of aliphatic hydroxyl groups excluding tert-OH is 5. The molecule has 474 valence electrons. The Hall–Kier alpha value is -2.89. The number of amides is 1. The number of unbranched alkanes of at least 4 members (excludes halogenated alkanes) is 35. The number of carbonyl (C=O) groups is 1. The van der Waals surface area contributed by atoms with E-state index in [2.05, 4.69) is 104 Å². The number of ether oxygens (including phenoxy) is 2. The van der Waals surface area contributed by atoms with Gasteiger partial charge in [-0.05, 0) is 83.5 Å². The molecule has 1 rings (SSSR count). The average Bonchev–Trinajstić information content (AvgIpc) is 3.57. The molecule has 1 saturated heterocycles. The maximum atomic E-state index is 13.1. The zero-order valence-corrected chi connectivity index (χ0v) is 53.0. The highest BCUT2D eigenvalue weighted by molar-refractivity contribution is 5.76. The van der Waals surface area contributed by atoms with Crippen molar-refractivity contribution in [2.75, 3.05) is 13.2 Å². The normalized spacial score (nSPS) is 18.9. The lowest BCUT2D eigenvalue weighted by Crippen LogP contribution is -2.60. The van der Waals surface area contributed by atoms with Gasteiger partial charge in [0.05, 0.1) is 25.4 Å². The van der Waals surface area contributed by atoms with Gasteiger partial charge in [-0.3, -0.25) is 4.79 Å². The van der Waals surface area contributed by atoms with Crippen molar-refractivity contribution < 1.29 is 39.8 Å². The van der Waals surface area contributed by atoms with E-state index in [4.69, 9.17) is 9.47 Å². The predicted molar refractivity (Wildman–Crippen MR) is 350 cm³/mol. The highest BCUT2D eigenvalue weighted by Crippen LogP contribution is 2.23. The van der Waals surface area contributed by atoms with Crippen LogP contribution in [0.3, 0.4) is 0 Å². The number of hydrogen-bond donors (Lipinski definition) is 6. The fraction of sp³-hybridized carbons (Fsp3) is 0.767. The fourth-order valence-corrected chi connectivity index (χ4v) is 10.5. The predicted octanol–water partition coefficient (Wildman–Crippen LogP) is 18.7. The summed E-state index contributed by atoms with van der Waals surface area (Å²) in [6, 6.07) is -0.824. The molecule has 1 aliphatic heterocycles. The third-order valence-corrected chi connectivity index (χ3v) is 15.9. The number of hydrogen-bond acceptors (Lipinski definition) is 8. The maximum absolute atomic E-state index is 13.1. The van der Waals surface area contributed by atoms with Gasteiger partial charge in [0.1, 0.15) is 24.4 Å². The first-order valence-electron chi connectivity index (χ1n) is 34.5. The van der Waals surface area contributed by atoms with Crippen molar-refractivity contribution in [3.63, 3.8) is 0 Å². The summed E-state index contributed by atoms with van der Waals surface area (Å²) in [5.74, 6) is -0.184. The van der Waals surface area contributed by atoms with Gasteiger partial charge in [-0.1, -0.05) is 310 Å². The highest BCUT2D eigenvalue weighted by atomic mass is 16.7. The Balaban J connectivity index is 2.07. The lowest BCUT2D eigenvalue weighted by atomic mass is 9.99. The minimum absolute atomic E-state index is 0.184. The Kier molecular flexibility index (Phi) is 57.6. The van der Waals surface area contributed by atoms with E-state index in [1.54, 1.807) is 6.08 Å². The maximum Gasteiger partial charge on any atom is 0.220 e. The van der Waals surface area contributed by atoms with Crippen molar-refractivity contribution in [1.82, 2.24) is 5.32 Å². The van der Waals surface area contributed by atoms with Crippen molar-refractivity contribution in [3.05, 3.63) is 97.2 Å². The molecule has 9 heteroatoms. The number of allylic oxidation sites excluding steroid dienone is 15. The quantitative estimate of drug-likeness (QED) is 0.0261. The molecule has 0 aromatic carbocycles. The van der Waals surface area contributed by atoms with Crippen molar-refractivity contribution in [3.8, 4) is 0 Å². The van der Waals surface area contributed by atoms with Crippen LogP contribution in [0.5, 0.6) is 0 Å². The Labute approximate surface area is 504 Å². The van der Waals surface area contributed by atoms with Crippen LogP contribution in [0.4, 0.5) is 0 Å². The van der Waals surface area contributed by atoms with Crippen LogP contribution >= 0.6 is 0 Å². The van der Waals surface area contributed by atoms with E-state index < -0.39 is 49.5 Å². The van der Waals surface area contributed by atoms with Gasteiger partial charge in [0.25, 0.3) is 0 Å². The van der Waals surface area contributed by atoms with Gasteiger partial charge in [-0.15, -0.1) is 0 Å². The lowest BCUT2D eigenvalue weighted by Gasteiger charge is -2.40. The molecule has 7 unspecified atom stereocenters. The Morgan fingerprint density at radius 1 is 0.427 bits per heavy atom. The van der Waals surface area contributed by atoms with E-state index in [0.29, 0.717) is 6.42 Å². The Morgan fingerprint density at radius 2 is 0.768 bits per heavy atom. The molecule has 0 aliphatic carbocycles. The first-order chi connectivity index (χ1) is 40.3. The van der Waals surface area contributed by atoms with Crippen LogP contribution in [-0.4, -0.2) is 87.5 Å². The van der Waals surface area contributed by atoms with E-state index in [-0.39, 0.29) is 12.5 Å². The van der Waals surface area contributed by atoms with E-state index in [9.17, 15) is 30.3 Å². The molecule has 6 N–H and O–H groups in total. The molecule has 7 atom stereocenters. The summed E-state index contributed by atoms with van der Waals surface area (Å²) in [5, 5.41) is 54.6. The zero-order chi connectivity index (χ0) is 59.3. The van der Waals surface area contributed by atoms with Crippen LogP contribution in [-0.2, 0) is 14.3 Å². The van der Waals surface area contributed by atoms with E-state index in [1.807, 2.05) is 6.08 Å². The molecule has 1 fully saturated rings. The van der Waals surface area contributed by atoms with E-state index >= 15 is 0 Å². The van der Waals surface area contributed by atoms with Crippen molar-refractivity contribution in [2.24, 2.45) is 0 Å². The summed E-state index contributed by atoms with van der Waals surface area (Å²) in [7, 11) is 0. The summed E-state index contributed by atoms with van der Waals surface area (Å²) >= 11 is 0. The first-order valence-corrected chi connectivity index (χ1v) is 34.5. The number of carbonyl (C=O) groups excluding carboxylic acids is 1. The molecular formula is C73H129NO8. The largest absolute Gasteiger partial charge is 0.394 e. The third-order valence-electron chi connectivity index (χ3n) is 15.9. The number of nitrogens with one attached hydrogen (secondary N) is 1. The number of aliphatic hydroxyl groups is 5. The third kappa shape index (κ3) is 49.4. The first kappa shape index (κ1) is 77.1. The highest BCUT2D eigenvalue weighted by Gasteiger charge is 2.44. The van der Waals surface area contributed by atoms with Crippen molar-refractivity contribution in [2.45, 2.75) is 346 Å². The minimum atomic E-state index is -1.57. The molecule has 0 bridgehead atoms. The van der Waals surface area contributed by atoms with E-state index in [1.165, 1.54) is 205 Å². The molecule has 0 spiro atoms. The van der Waals surface area contributed by atoms with Crippen LogP contribution in [0.1, 0.15) is 303 Å². The summed E-state index contributed by atoms with van der Waals surface area (Å²) < 4.78 is 11.3. The summed E-state index contributed by atoms with van der Waals surface area (Å²) in [6.07, 6.45) is 82.3. The standard InChI is InChI=1S/C73H129NO8/c1-3-5-7-9-11-13-15-17-19-21-23-24-25-26-27-28-29-30-31-32-33-34-35-36-37-38-39-40-41-42-43-44-45-47-49-51-53-55-57-59-61-63-69(77)74-66(65-81-73-72(80)71(79)70(78)68(64-75)82-73)67(76)62-60-58-56-54-52-50-48-46-22-20-18-16-14-12-10-8-6-4-2/h5,7,11,13,17,19,23-24,26-27,29-30,52,54,60,62,66-68,70-73,75-76,78-80H,3-4,6,8-10,12,14-16,18,20-22,25,28,31-51,53,55-59,61,63-65H2,1-2H3,(H,74,77)/b7-5-,13-11-,19-17-,24-23-,27-26-,30-29-,54-52+,62-60+. The zero-order valence-electron chi connectivity index (χ0n) is 53.0. The second-order valence-corrected chi connectivity index (χ2v) is 23.6. The molecule has 1 amide bonds. The molecule has 0 aromatic heterocycles. The van der Waals surface area contributed by atoms with Gasteiger partial charge in [0, 0.05) is 6.42 Å². The summed E-state index contributed by atoms with van der Waals surface area (Å²) in [6.45, 7) is 3.67. The minimum Gasteiger partial charge on any atom is -0.394 e. The lowest BCUT2D eigenvalue weighted by molar-refractivity contribution is -0.302. The Morgan fingerprint density at radius 3 is 1.17 bits per heavy atom. The molecule has 1 heterocycles. The monoisotopic (exact) mass is 1150 g/mol. The van der Waals surface area contributed by atoms with Gasteiger partial charge < -0.3 is 40.3 Å². The van der Waals surface area contributed by atoms with Crippen molar-refractivity contribution in [1.29, 1.82) is 0 Å². The summed E-state index contributed by atoms with van der Waals surface area (Å²) in [5.41, 5.74) is 0. The molecule has 0 aromatic rings. The van der Waals surface area contributed by atoms with Crippen LogP contribution < -0.4 is 5.32 Å². The smallest absolute Gasteiger partial charge is 0.220 e. The SMILES string of the molecule is CC/C=C\C/C=C\C/C=C\C/C=C\C/C=C\C/C=C\CCCCCCCCCCCCCCCCCCCCCCCCC(=O)NC(COC1OC(CO)C(O)C(O)C1O)C(O)/C=C/CC/C=C/CCCCCCCCCCCCCC. The second kappa shape index (κ2) is 61.2. The van der Waals surface area contributed by atoms with Crippen LogP contribution in [0.25, 0.3) is 0 Å². The van der Waals surface area contributed by atoms with Crippen LogP contribution in [0.15, 0.2) is 97.2 Å². The van der Waals surface area contributed by atoms with Gasteiger partial charge in [-0.25, -0.2) is 0 Å². The molecule has 0 radical (unpaired) electrons. The van der Waals surface area contributed by atoms with Gasteiger partial charge in [0.2, 0.25) is 5.91 Å². The number of rotatable bonds is 59. The average molecular weight is 1150 g/mol.